The van der Waals surface area contributed by atoms with Crippen molar-refractivity contribution in [2.24, 2.45) is 16.6 Å². The maximum absolute atomic E-state index is 14.6. The third-order valence-electron chi connectivity index (χ3n) is 7.81. The van der Waals surface area contributed by atoms with Crippen LogP contribution in [0.4, 0.5) is 4.79 Å². The number of guanidine groups is 1. The van der Waals surface area contributed by atoms with Gasteiger partial charge in [-0.25, -0.2) is 14.9 Å². The highest BCUT2D eigenvalue weighted by atomic mass is 16.7. The van der Waals surface area contributed by atoms with Crippen molar-refractivity contribution < 1.29 is 24.2 Å². The van der Waals surface area contributed by atoms with Gasteiger partial charge in [0.1, 0.15) is 16.7 Å². The molecule has 14 nitrogen and oxygen atoms in total. The number of amides is 5. The maximum Gasteiger partial charge on any atom is 0.325 e. The number of nitro groups is 1. The molecule has 6 N–H and O–H groups in total. The van der Waals surface area contributed by atoms with E-state index in [1.165, 1.54) is 4.90 Å². The molecule has 0 spiro atoms. The number of carbonyl (C=O) groups is 4. The second-order valence-electron chi connectivity index (χ2n) is 11.7. The lowest BCUT2D eigenvalue weighted by Gasteiger charge is -2.33. The van der Waals surface area contributed by atoms with Gasteiger partial charge in [-0.3, -0.25) is 19.3 Å². The number of primary amides is 1. The van der Waals surface area contributed by atoms with Gasteiger partial charge >= 0.3 is 6.03 Å². The first kappa shape index (κ1) is 34.1. The van der Waals surface area contributed by atoms with E-state index in [4.69, 9.17) is 11.5 Å². The van der Waals surface area contributed by atoms with Crippen LogP contribution in [0.2, 0.25) is 0 Å². The van der Waals surface area contributed by atoms with Gasteiger partial charge in [0.25, 0.3) is 11.9 Å². The zero-order valence-electron chi connectivity index (χ0n) is 26.2. The van der Waals surface area contributed by atoms with E-state index in [0.29, 0.717) is 11.1 Å². The van der Waals surface area contributed by atoms with Crippen LogP contribution in [0.3, 0.4) is 0 Å². The van der Waals surface area contributed by atoms with E-state index < -0.39 is 34.5 Å². The lowest BCUT2D eigenvalue weighted by Crippen LogP contribution is -2.49. The first-order chi connectivity index (χ1) is 22.4. The van der Waals surface area contributed by atoms with Crippen LogP contribution in [0.5, 0.6) is 0 Å². The van der Waals surface area contributed by atoms with E-state index >= 15 is 0 Å². The first-order valence-electron chi connectivity index (χ1n) is 15.0. The number of carbonyl (C=O) groups excluding carboxylic acids is 4. The first-order valence-corrected chi connectivity index (χ1v) is 15.0. The van der Waals surface area contributed by atoms with Crippen LogP contribution >= 0.6 is 0 Å². The standard InChI is InChI=1S/C33H38N8O6/c1-33(2)30(44)40(32(45)37-33)21-23-17-15-22(16-18-23)20-39(26(28(34)42)14-9-19-36-31(35)38-41(46)47)29(43)27(24-10-5-3-6-11-24)25-12-7-4-8-13-25/h3-8,10-13,15-18,26-27H,9,14,19-21H2,1-2H3,(H2,34,42)(H,37,45)(H3,35,36,38)/t26-/m1/s1. The summed E-state index contributed by atoms with van der Waals surface area (Å²) in [6.07, 6.45) is 0.421. The minimum absolute atomic E-state index is 0.0252. The molecule has 0 bridgehead atoms. The number of urea groups is 1. The summed E-state index contributed by atoms with van der Waals surface area (Å²) in [7, 11) is 0. The average molecular weight is 643 g/mol. The van der Waals surface area contributed by atoms with Crippen LogP contribution in [0.25, 0.3) is 0 Å². The van der Waals surface area contributed by atoms with Crippen LogP contribution in [-0.2, 0) is 27.5 Å². The SMILES string of the molecule is CC1(C)NC(=O)N(Cc2ccc(CN(C(=O)C(c3ccccc3)c3ccccc3)[C@H](CCCNC(N)=N[N+](=O)[O-])C(N)=O)cc2)C1=O. The van der Waals surface area contributed by atoms with Crippen molar-refractivity contribution in [3.8, 4) is 0 Å². The molecule has 3 aromatic rings. The van der Waals surface area contributed by atoms with Crippen LogP contribution in [0.15, 0.2) is 90.0 Å². The second kappa shape index (κ2) is 15.0. The summed E-state index contributed by atoms with van der Waals surface area (Å²) in [6, 6.07) is 24.0. The Labute approximate surface area is 271 Å². The van der Waals surface area contributed by atoms with Gasteiger partial charge in [0.15, 0.2) is 5.03 Å². The number of hydrazone groups is 1. The number of nitrogens with one attached hydrogen (secondary N) is 2. The van der Waals surface area contributed by atoms with Crippen molar-refractivity contribution in [2.75, 3.05) is 6.54 Å². The molecule has 14 heteroatoms. The normalized spacial score (nSPS) is 14.9. The molecular weight excluding hydrogens is 604 g/mol. The summed E-state index contributed by atoms with van der Waals surface area (Å²) in [5.74, 6) is -2.53. The quantitative estimate of drug-likeness (QED) is 0.0512. The Kier molecular flexibility index (Phi) is 10.9. The maximum atomic E-state index is 14.6. The molecule has 0 radical (unpaired) electrons. The number of imide groups is 1. The molecule has 1 saturated heterocycles. The molecule has 5 amide bonds. The lowest BCUT2D eigenvalue weighted by molar-refractivity contribution is -0.485. The van der Waals surface area contributed by atoms with Crippen molar-refractivity contribution in [1.82, 2.24) is 20.4 Å². The van der Waals surface area contributed by atoms with Gasteiger partial charge in [-0.15, -0.1) is 0 Å². The highest BCUT2D eigenvalue weighted by Gasteiger charge is 2.44. The molecule has 1 heterocycles. The van der Waals surface area contributed by atoms with E-state index in [9.17, 15) is 29.3 Å². The zero-order valence-corrected chi connectivity index (χ0v) is 26.2. The molecule has 1 atom stereocenters. The Bertz CT molecular complexity index is 1590. The molecule has 0 saturated carbocycles. The topological polar surface area (TPSA) is 206 Å². The molecule has 47 heavy (non-hydrogen) atoms. The van der Waals surface area contributed by atoms with Crippen LogP contribution < -0.4 is 22.1 Å². The van der Waals surface area contributed by atoms with Crippen molar-refractivity contribution in [1.29, 1.82) is 0 Å². The summed E-state index contributed by atoms with van der Waals surface area (Å²) in [4.78, 5) is 65.8. The molecule has 0 aromatic heterocycles. The minimum atomic E-state index is -1.04. The number of nitrogens with two attached hydrogens (primary N) is 2. The number of rotatable bonds is 14. The number of hydrogen-bond acceptors (Lipinski definition) is 6. The molecule has 1 aliphatic heterocycles. The summed E-state index contributed by atoms with van der Waals surface area (Å²) in [5, 5.41) is 18.0. The van der Waals surface area contributed by atoms with Crippen molar-refractivity contribution in [2.45, 2.75) is 57.3 Å². The zero-order chi connectivity index (χ0) is 34.1. The second-order valence-corrected chi connectivity index (χ2v) is 11.7. The largest absolute Gasteiger partial charge is 0.368 e. The monoisotopic (exact) mass is 642 g/mol. The van der Waals surface area contributed by atoms with Crippen molar-refractivity contribution in [3.63, 3.8) is 0 Å². The molecule has 0 unspecified atom stereocenters. The fraction of sp³-hybridized carbons (Fsp3) is 0.303. The van der Waals surface area contributed by atoms with E-state index in [0.717, 1.165) is 16.0 Å². The summed E-state index contributed by atoms with van der Waals surface area (Å²) in [5.41, 5.74) is 13.3. The fourth-order valence-corrected chi connectivity index (χ4v) is 5.45. The third-order valence-corrected chi connectivity index (χ3v) is 7.81. The molecule has 1 fully saturated rings. The average Bonchev–Trinajstić information content (AvgIpc) is 3.22. The van der Waals surface area contributed by atoms with Gasteiger partial charge in [-0.2, -0.15) is 0 Å². The number of hydrogen-bond donors (Lipinski definition) is 4. The lowest BCUT2D eigenvalue weighted by atomic mass is 9.89. The van der Waals surface area contributed by atoms with Gasteiger partial charge in [-0.05, 0) is 48.9 Å². The predicted octanol–water partition coefficient (Wildman–Crippen LogP) is 2.41. The minimum Gasteiger partial charge on any atom is -0.368 e. The van der Waals surface area contributed by atoms with Gasteiger partial charge in [0.2, 0.25) is 11.8 Å². The Hall–Kier alpha value is -5.79. The van der Waals surface area contributed by atoms with Gasteiger partial charge in [0, 0.05) is 13.1 Å². The summed E-state index contributed by atoms with van der Waals surface area (Å²) >= 11 is 0. The summed E-state index contributed by atoms with van der Waals surface area (Å²) in [6.45, 7) is 3.52. The Morgan fingerprint density at radius 3 is 2.00 bits per heavy atom. The van der Waals surface area contributed by atoms with Crippen LogP contribution in [0.1, 0.15) is 54.9 Å². The van der Waals surface area contributed by atoms with E-state index in [1.54, 1.807) is 38.1 Å². The van der Waals surface area contributed by atoms with Crippen LogP contribution in [-0.4, -0.2) is 62.7 Å². The molecule has 3 aromatic carbocycles. The molecule has 1 aliphatic rings. The molecular formula is C33H38N8O6. The Balaban J connectivity index is 1.63. The van der Waals surface area contributed by atoms with Gasteiger partial charge < -0.3 is 27.0 Å². The third kappa shape index (κ3) is 8.69. The summed E-state index contributed by atoms with van der Waals surface area (Å²) < 4.78 is 0. The van der Waals surface area contributed by atoms with E-state index in [2.05, 4.69) is 15.7 Å². The smallest absolute Gasteiger partial charge is 0.325 e. The Morgan fingerprint density at radius 1 is 0.957 bits per heavy atom. The van der Waals surface area contributed by atoms with Crippen molar-refractivity contribution in [3.05, 3.63) is 117 Å². The highest BCUT2D eigenvalue weighted by Crippen LogP contribution is 2.29. The van der Waals surface area contributed by atoms with E-state index in [1.807, 2.05) is 60.7 Å². The Morgan fingerprint density at radius 2 is 1.51 bits per heavy atom. The number of benzene rings is 3. The van der Waals surface area contributed by atoms with Crippen LogP contribution in [0, 0.1) is 10.1 Å². The molecule has 246 valence electrons. The van der Waals surface area contributed by atoms with E-state index in [-0.39, 0.29) is 50.2 Å². The van der Waals surface area contributed by atoms with Crippen molar-refractivity contribution >= 4 is 29.7 Å². The molecule has 4 rings (SSSR count). The number of nitrogens with zero attached hydrogens (tertiary/aromatic N) is 4. The predicted molar refractivity (Wildman–Crippen MR) is 174 cm³/mol. The molecule has 0 aliphatic carbocycles. The fourth-order valence-electron chi connectivity index (χ4n) is 5.45. The van der Waals surface area contributed by atoms with Gasteiger partial charge in [-0.1, -0.05) is 84.9 Å². The van der Waals surface area contributed by atoms with Gasteiger partial charge in [0.05, 0.1) is 12.5 Å². The highest BCUT2D eigenvalue weighted by molar-refractivity contribution is 6.06.